The van der Waals surface area contributed by atoms with Crippen LogP contribution in [0.3, 0.4) is 0 Å². The minimum atomic E-state index is -4.96. The number of ether oxygens (including phenoxy) is 4. The molecule has 0 aromatic heterocycles. The van der Waals surface area contributed by atoms with E-state index < -0.39 is 97.5 Å². The lowest BCUT2D eigenvalue weighted by atomic mass is 9.99. The molecule has 0 bridgehead atoms. The minimum Gasteiger partial charge on any atom is -0.462 e. The smallest absolute Gasteiger partial charge is 0.462 e. The number of hydrogen-bond acceptors (Lipinski definition) is 15. The summed E-state index contributed by atoms with van der Waals surface area (Å²) in [6.45, 7) is 7.30. The van der Waals surface area contributed by atoms with Crippen LogP contribution in [0, 0.1) is 5.92 Å². The van der Waals surface area contributed by atoms with E-state index in [2.05, 4.69) is 34.6 Å². The van der Waals surface area contributed by atoms with Gasteiger partial charge in [0.1, 0.15) is 19.3 Å². The summed E-state index contributed by atoms with van der Waals surface area (Å²) in [6, 6.07) is 0. The lowest BCUT2D eigenvalue weighted by Gasteiger charge is -2.21. The van der Waals surface area contributed by atoms with E-state index in [4.69, 9.17) is 37.0 Å². The highest BCUT2D eigenvalue weighted by molar-refractivity contribution is 7.47. The van der Waals surface area contributed by atoms with Crippen LogP contribution in [0.4, 0.5) is 0 Å². The maximum absolute atomic E-state index is 13.1. The number of aliphatic hydroxyl groups excluding tert-OH is 1. The standard InChI is InChI=1S/C81H158O17P2/c1-6-10-13-16-19-22-24-26-28-30-31-32-33-34-36-38-40-42-45-51-56-61-66-80(85)97-76(71-92-79(84)65-60-55-50-44-41-39-37-35-29-27-25-23-20-17-14-11-7-2)72-95-99(87,88)93-68-75(82)69-94-100(89,90)96-73-77(70-91-78(83)64-59-54-49-43-21-18-15-12-8-3)98-81(86)67-62-57-52-47-46-48-53-58-63-74(5)9-4/h74-77,82H,6-73H2,1-5H3,(H,87,88)(H,89,90)/t74?,75-,76-,77-/m1/s1. The Bertz CT molecular complexity index is 1910. The van der Waals surface area contributed by atoms with Gasteiger partial charge in [-0.3, -0.25) is 37.3 Å². The molecule has 0 amide bonds. The molecule has 0 rings (SSSR count). The fourth-order valence-electron chi connectivity index (χ4n) is 12.6. The third-order valence-corrected chi connectivity index (χ3v) is 21.3. The SMILES string of the molecule is CCCCCCCCCCCCCCCCCCCCCCCCC(=O)O[C@H](COC(=O)CCCCCCCCCCCCCCCCCCC)COP(=O)(O)OC[C@@H](O)COP(=O)(O)OC[C@@H](COC(=O)CCCCCCCCCCC)OC(=O)CCCCCCCCCCC(C)CC. The molecule has 3 N–H and O–H groups in total. The summed E-state index contributed by atoms with van der Waals surface area (Å²) < 4.78 is 68.6. The van der Waals surface area contributed by atoms with Gasteiger partial charge in [0.25, 0.3) is 0 Å². The first-order valence-corrected chi connectivity index (χ1v) is 45.2. The molecule has 0 aliphatic rings. The number of phosphoric acid groups is 2. The van der Waals surface area contributed by atoms with Crippen molar-refractivity contribution in [3.05, 3.63) is 0 Å². The summed E-state index contributed by atoms with van der Waals surface area (Å²) in [5, 5.41) is 10.6. The molecule has 0 aromatic carbocycles. The average Bonchev–Trinajstić information content (AvgIpc) is 0.960. The zero-order valence-electron chi connectivity index (χ0n) is 65.3. The van der Waals surface area contributed by atoms with Gasteiger partial charge in [-0.25, -0.2) is 9.13 Å². The fraction of sp³-hybridized carbons (Fsp3) is 0.951. The molecule has 0 saturated carbocycles. The molecular weight excluding hydrogens is 1310 g/mol. The Morgan fingerprint density at radius 1 is 0.280 bits per heavy atom. The van der Waals surface area contributed by atoms with Gasteiger partial charge >= 0.3 is 39.5 Å². The first-order chi connectivity index (χ1) is 48.6. The Morgan fingerprint density at radius 2 is 0.480 bits per heavy atom. The van der Waals surface area contributed by atoms with Gasteiger partial charge in [-0.2, -0.15) is 0 Å². The van der Waals surface area contributed by atoms with Gasteiger partial charge in [-0.15, -0.1) is 0 Å². The summed E-state index contributed by atoms with van der Waals surface area (Å²) in [7, 11) is -9.91. The van der Waals surface area contributed by atoms with Gasteiger partial charge in [0.2, 0.25) is 0 Å². The van der Waals surface area contributed by atoms with Gasteiger partial charge in [-0.05, 0) is 31.6 Å². The molecule has 0 spiro atoms. The van der Waals surface area contributed by atoms with Crippen LogP contribution < -0.4 is 0 Å². The molecule has 19 heteroatoms. The van der Waals surface area contributed by atoms with Crippen LogP contribution in [-0.2, 0) is 65.4 Å². The molecule has 0 fully saturated rings. The van der Waals surface area contributed by atoms with Crippen molar-refractivity contribution < 1.29 is 80.2 Å². The van der Waals surface area contributed by atoms with Gasteiger partial charge < -0.3 is 33.8 Å². The van der Waals surface area contributed by atoms with Crippen molar-refractivity contribution in [2.45, 2.75) is 451 Å². The van der Waals surface area contributed by atoms with Crippen LogP contribution >= 0.6 is 15.6 Å². The Balaban J connectivity index is 5.19. The van der Waals surface area contributed by atoms with Crippen LogP contribution in [0.2, 0.25) is 0 Å². The van der Waals surface area contributed by atoms with Gasteiger partial charge in [-0.1, -0.05) is 381 Å². The summed E-state index contributed by atoms with van der Waals surface area (Å²) in [6.07, 6.45) is 65.4. The largest absolute Gasteiger partial charge is 0.472 e. The number of esters is 4. The zero-order chi connectivity index (χ0) is 73.4. The first-order valence-electron chi connectivity index (χ1n) is 42.2. The summed E-state index contributed by atoms with van der Waals surface area (Å²) in [5.74, 6) is -1.34. The number of carbonyl (C=O) groups is 4. The van der Waals surface area contributed by atoms with Crippen molar-refractivity contribution in [1.29, 1.82) is 0 Å². The average molecular weight is 1470 g/mol. The number of unbranched alkanes of at least 4 members (excludes halogenated alkanes) is 52. The molecular formula is C81H158O17P2. The van der Waals surface area contributed by atoms with E-state index in [0.29, 0.717) is 25.7 Å². The van der Waals surface area contributed by atoms with Crippen molar-refractivity contribution >= 4 is 39.5 Å². The van der Waals surface area contributed by atoms with Gasteiger partial charge in [0.15, 0.2) is 12.2 Å². The van der Waals surface area contributed by atoms with Crippen molar-refractivity contribution in [3.63, 3.8) is 0 Å². The van der Waals surface area contributed by atoms with Crippen molar-refractivity contribution in [3.8, 4) is 0 Å². The molecule has 0 aliphatic carbocycles. The Morgan fingerprint density at radius 3 is 0.710 bits per heavy atom. The van der Waals surface area contributed by atoms with E-state index >= 15 is 0 Å². The number of hydrogen-bond donors (Lipinski definition) is 3. The molecule has 594 valence electrons. The van der Waals surface area contributed by atoms with E-state index in [0.717, 1.165) is 95.8 Å². The second-order valence-electron chi connectivity index (χ2n) is 29.4. The van der Waals surface area contributed by atoms with E-state index in [1.54, 1.807) is 0 Å². The second-order valence-corrected chi connectivity index (χ2v) is 32.3. The molecule has 0 aromatic rings. The number of phosphoric ester groups is 2. The van der Waals surface area contributed by atoms with Crippen molar-refractivity contribution in [1.82, 2.24) is 0 Å². The Kier molecular flexibility index (Phi) is 72.5. The second kappa shape index (κ2) is 73.9. The zero-order valence-corrected chi connectivity index (χ0v) is 67.1. The Labute approximate surface area is 613 Å². The first kappa shape index (κ1) is 98.1. The monoisotopic (exact) mass is 1470 g/mol. The van der Waals surface area contributed by atoms with Crippen LogP contribution in [0.1, 0.15) is 433 Å². The number of carbonyl (C=O) groups excluding carboxylic acids is 4. The topological polar surface area (TPSA) is 237 Å². The lowest BCUT2D eigenvalue weighted by Crippen LogP contribution is -2.30. The van der Waals surface area contributed by atoms with Crippen LogP contribution in [-0.4, -0.2) is 96.7 Å². The molecule has 0 aliphatic heterocycles. The lowest BCUT2D eigenvalue weighted by molar-refractivity contribution is -0.161. The third kappa shape index (κ3) is 73.0. The molecule has 3 unspecified atom stereocenters. The van der Waals surface area contributed by atoms with E-state index in [1.807, 2.05) is 0 Å². The molecule has 0 heterocycles. The van der Waals surface area contributed by atoms with Crippen LogP contribution in [0.5, 0.6) is 0 Å². The van der Waals surface area contributed by atoms with E-state index in [-0.39, 0.29) is 25.7 Å². The highest BCUT2D eigenvalue weighted by Gasteiger charge is 2.30. The van der Waals surface area contributed by atoms with Crippen LogP contribution in [0.25, 0.3) is 0 Å². The van der Waals surface area contributed by atoms with E-state index in [9.17, 15) is 43.2 Å². The van der Waals surface area contributed by atoms with Gasteiger partial charge in [0.05, 0.1) is 26.4 Å². The maximum Gasteiger partial charge on any atom is 0.472 e. The quantitative estimate of drug-likeness (QED) is 0.0222. The fourth-order valence-corrected chi connectivity index (χ4v) is 14.1. The predicted molar refractivity (Wildman–Crippen MR) is 409 cm³/mol. The third-order valence-electron chi connectivity index (χ3n) is 19.4. The summed E-state index contributed by atoms with van der Waals surface area (Å²) >= 11 is 0. The van der Waals surface area contributed by atoms with Crippen LogP contribution in [0.15, 0.2) is 0 Å². The molecule has 0 saturated heterocycles. The highest BCUT2D eigenvalue weighted by atomic mass is 31.2. The molecule has 100 heavy (non-hydrogen) atoms. The number of aliphatic hydroxyl groups is 1. The molecule has 0 radical (unpaired) electrons. The number of rotatable bonds is 81. The van der Waals surface area contributed by atoms with E-state index in [1.165, 1.54) is 257 Å². The summed E-state index contributed by atoms with van der Waals surface area (Å²) in [4.78, 5) is 72.9. The normalized spacial score (nSPS) is 14.1. The maximum atomic E-state index is 13.1. The molecule has 6 atom stereocenters. The minimum absolute atomic E-state index is 0.105. The highest BCUT2D eigenvalue weighted by Crippen LogP contribution is 2.45. The molecule has 17 nitrogen and oxygen atoms in total. The summed E-state index contributed by atoms with van der Waals surface area (Å²) in [5.41, 5.74) is 0. The van der Waals surface area contributed by atoms with Crippen molar-refractivity contribution in [2.24, 2.45) is 5.92 Å². The predicted octanol–water partition coefficient (Wildman–Crippen LogP) is 24.4. The van der Waals surface area contributed by atoms with Gasteiger partial charge in [0, 0.05) is 25.7 Å². The Hall–Kier alpha value is -1.94. The van der Waals surface area contributed by atoms with Crippen molar-refractivity contribution in [2.75, 3.05) is 39.6 Å².